The topological polar surface area (TPSA) is 26.3 Å². The van der Waals surface area contributed by atoms with Crippen LogP contribution in [0, 0.1) is 34.5 Å². The molecule has 29 heavy (non-hydrogen) atoms. The van der Waals surface area contributed by atoms with Crippen LogP contribution >= 0.6 is 0 Å². The van der Waals surface area contributed by atoms with Crippen molar-refractivity contribution >= 4 is 14.6 Å². The maximum Gasteiger partial charge on any atom is 0.187 e. The third-order valence-electron chi connectivity index (χ3n) is 9.80. The fourth-order valence-corrected chi connectivity index (χ4v) is 11.5. The van der Waals surface area contributed by atoms with Crippen LogP contribution in [0.15, 0.2) is 11.6 Å². The highest BCUT2D eigenvalue weighted by Gasteiger charge is 2.60. The second kappa shape index (κ2) is 7.93. The SMILES string of the molecule is CC[C@]12CCCC=C1CC[C@@H]1[C@H]2CC[C@]2(C)C(O[Si](C)(C)CC(C)C=O)CC[C@@H]12. The summed E-state index contributed by atoms with van der Waals surface area (Å²) in [6.07, 6.45) is 17.9. The van der Waals surface area contributed by atoms with E-state index < -0.39 is 8.32 Å². The van der Waals surface area contributed by atoms with Gasteiger partial charge < -0.3 is 9.22 Å². The second-order valence-corrected chi connectivity index (χ2v) is 16.0. The number of fused-ring (bicyclic) bond motifs is 5. The van der Waals surface area contributed by atoms with Crippen molar-refractivity contribution in [3.05, 3.63) is 11.6 Å². The van der Waals surface area contributed by atoms with Gasteiger partial charge in [-0.2, -0.15) is 0 Å². The summed E-state index contributed by atoms with van der Waals surface area (Å²) in [5.41, 5.74) is 2.74. The predicted octanol–water partition coefficient (Wildman–Crippen LogP) is 7.15. The second-order valence-electron chi connectivity index (χ2n) is 11.9. The summed E-state index contributed by atoms with van der Waals surface area (Å²) >= 11 is 0. The van der Waals surface area contributed by atoms with Crippen molar-refractivity contribution in [2.24, 2.45) is 34.5 Å². The average molecular weight is 417 g/mol. The Bertz CT molecular complexity index is 655. The maximum absolute atomic E-state index is 11.2. The summed E-state index contributed by atoms with van der Waals surface area (Å²) < 4.78 is 6.95. The zero-order valence-electron chi connectivity index (χ0n) is 19.6. The summed E-state index contributed by atoms with van der Waals surface area (Å²) in [5, 5.41) is 0. The molecule has 0 spiro atoms. The molecule has 0 N–H and O–H groups in total. The van der Waals surface area contributed by atoms with Gasteiger partial charge in [0.05, 0.1) is 6.10 Å². The van der Waals surface area contributed by atoms with E-state index in [4.69, 9.17) is 4.43 Å². The highest BCUT2D eigenvalue weighted by molar-refractivity contribution is 6.71. The lowest BCUT2D eigenvalue weighted by Gasteiger charge is -2.59. The average Bonchev–Trinajstić information content (AvgIpc) is 3.02. The molecule has 0 heterocycles. The Kier molecular flexibility index (Phi) is 5.96. The van der Waals surface area contributed by atoms with Crippen LogP contribution in [0.3, 0.4) is 0 Å². The summed E-state index contributed by atoms with van der Waals surface area (Å²) in [6.45, 7) is 11.8. The van der Waals surface area contributed by atoms with Crippen LogP contribution in [0.25, 0.3) is 0 Å². The summed E-state index contributed by atoms with van der Waals surface area (Å²) in [6, 6.07) is 0.965. The minimum Gasteiger partial charge on any atom is -0.414 e. The van der Waals surface area contributed by atoms with E-state index in [1.54, 1.807) is 0 Å². The van der Waals surface area contributed by atoms with Crippen molar-refractivity contribution in [2.45, 2.75) is 110 Å². The van der Waals surface area contributed by atoms with Crippen molar-refractivity contribution in [3.8, 4) is 0 Å². The lowest BCUT2D eigenvalue weighted by molar-refractivity contribution is -0.110. The van der Waals surface area contributed by atoms with Gasteiger partial charge >= 0.3 is 0 Å². The summed E-state index contributed by atoms with van der Waals surface area (Å²) in [4.78, 5) is 11.2. The Labute approximate surface area is 180 Å². The Balaban J connectivity index is 1.53. The minimum atomic E-state index is -1.81. The van der Waals surface area contributed by atoms with Gasteiger partial charge in [-0.1, -0.05) is 32.4 Å². The molecule has 2 nitrogen and oxygen atoms in total. The van der Waals surface area contributed by atoms with E-state index in [0.717, 1.165) is 30.1 Å². The standard InChI is InChI=1S/C26H44O2Si/c1-6-26-15-8-7-9-20(26)10-11-21-22-12-13-24(25(22,3)16-14-23(21)26)28-29(4,5)18-19(2)17-27/h9,17,19,21-24H,6-8,10-16,18H2,1-5H3/t19?,21-,22-,23+,24?,25-,26-/m0/s1. The Hall–Kier alpha value is -0.413. The van der Waals surface area contributed by atoms with Gasteiger partial charge in [0.25, 0.3) is 0 Å². The van der Waals surface area contributed by atoms with Crippen LogP contribution in [0.2, 0.25) is 19.1 Å². The van der Waals surface area contributed by atoms with E-state index in [1.807, 2.05) is 5.57 Å². The molecule has 4 rings (SSSR count). The molecule has 0 aliphatic heterocycles. The normalized spacial score (nSPS) is 43.0. The summed E-state index contributed by atoms with van der Waals surface area (Å²) in [7, 11) is -1.81. The molecule has 0 saturated heterocycles. The zero-order chi connectivity index (χ0) is 20.9. The van der Waals surface area contributed by atoms with Crippen LogP contribution in [-0.2, 0) is 9.22 Å². The molecule has 0 aromatic heterocycles. The highest BCUT2D eigenvalue weighted by Crippen LogP contribution is 2.66. The lowest BCUT2D eigenvalue weighted by atomic mass is 9.46. The fourth-order valence-electron chi connectivity index (χ4n) is 8.60. The fraction of sp³-hybridized carbons (Fsp3) is 0.885. The first-order valence-electron chi connectivity index (χ1n) is 12.6. The number of hydrogen-bond acceptors (Lipinski definition) is 2. The molecule has 4 aliphatic carbocycles. The third-order valence-corrected chi connectivity index (χ3v) is 12.4. The number of carbonyl (C=O) groups is 1. The molecule has 3 saturated carbocycles. The molecule has 0 bridgehead atoms. The van der Waals surface area contributed by atoms with Gasteiger partial charge in [-0.05, 0) is 112 Å². The van der Waals surface area contributed by atoms with Crippen LogP contribution in [0.4, 0.5) is 0 Å². The van der Waals surface area contributed by atoms with Crippen LogP contribution in [-0.4, -0.2) is 20.7 Å². The van der Waals surface area contributed by atoms with E-state index in [-0.39, 0.29) is 5.92 Å². The van der Waals surface area contributed by atoms with E-state index >= 15 is 0 Å². The first kappa shape index (κ1) is 21.8. The molecule has 3 heteroatoms. The molecule has 7 atom stereocenters. The molecule has 0 aromatic carbocycles. The molecular weight excluding hydrogens is 372 g/mol. The largest absolute Gasteiger partial charge is 0.414 e. The highest BCUT2D eigenvalue weighted by atomic mass is 28.4. The Morgan fingerprint density at radius 3 is 2.72 bits per heavy atom. The van der Waals surface area contributed by atoms with Gasteiger partial charge in [0.2, 0.25) is 0 Å². The first-order valence-corrected chi connectivity index (χ1v) is 15.7. The maximum atomic E-state index is 11.2. The Morgan fingerprint density at radius 2 is 2.00 bits per heavy atom. The van der Waals surface area contributed by atoms with Crippen molar-refractivity contribution in [1.29, 1.82) is 0 Å². The van der Waals surface area contributed by atoms with Crippen LogP contribution in [0.5, 0.6) is 0 Å². The van der Waals surface area contributed by atoms with Crippen LogP contribution in [0.1, 0.15) is 85.0 Å². The summed E-state index contributed by atoms with van der Waals surface area (Å²) in [5.74, 6) is 2.82. The third kappa shape index (κ3) is 3.62. The van der Waals surface area contributed by atoms with Crippen molar-refractivity contribution < 1.29 is 9.22 Å². The van der Waals surface area contributed by atoms with Gasteiger partial charge in [-0.25, -0.2) is 0 Å². The van der Waals surface area contributed by atoms with Gasteiger partial charge in [0, 0.05) is 5.92 Å². The molecule has 3 fully saturated rings. The number of hydrogen-bond donors (Lipinski definition) is 0. The molecule has 4 aliphatic rings. The molecule has 0 aromatic rings. The molecule has 164 valence electrons. The van der Waals surface area contributed by atoms with E-state index in [9.17, 15) is 4.79 Å². The lowest BCUT2D eigenvalue weighted by Crippen LogP contribution is -2.53. The number of rotatable bonds is 6. The van der Waals surface area contributed by atoms with E-state index in [1.165, 1.54) is 64.2 Å². The predicted molar refractivity (Wildman–Crippen MR) is 123 cm³/mol. The van der Waals surface area contributed by atoms with Crippen LogP contribution < -0.4 is 0 Å². The van der Waals surface area contributed by atoms with E-state index in [2.05, 4.69) is 39.9 Å². The van der Waals surface area contributed by atoms with E-state index in [0.29, 0.717) is 16.9 Å². The van der Waals surface area contributed by atoms with Gasteiger partial charge in [-0.15, -0.1) is 0 Å². The van der Waals surface area contributed by atoms with Gasteiger partial charge in [0.1, 0.15) is 6.29 Å². The molecule has 0 radical (unpaired) electrons. The van der Waals surface area contributed by atoms with Gasteiger partial charge in [0.15, 0.2) is 8.32 Å². The quantitative estimate of drug-likeness (QED) is 0.261. The first-order chi connectivity index (χ1) is 13.8. The van der Waals surface area contributed by atoms with Gasteiger partial charge in [-0.3, -0.25) is 0 Å². The zero-order valence-corrected chi connectivity index (χ0v) is 20.6. The van der Waals surface area contributed by atoms with Crippen molar-refractivity contribution in [2.75, 3.05) is 0 Å². The monoisotopic (exact) mass is 416 g/mol. The number of allylic oxidation sites excluding steroid dienone is 2. The Morgan fingerprint density at radius 1 is 1.21 bits per heavy atom. The number of aldehydes is 1. The van der Waals surface area contributed by atoms with Crippen molar-refractivity contribution in [1.82, 2.24) is 0 Å². The molecular formula is C26H44O2Si. The molecule has 0 amide bonds. The molecule has 2 unspecified atom stereocenters. The smallest absolute Gasteiger partial charge is 0.187 e. The number of carbonyl (C=O) groups excluding carboxylic acids is 1. The minimum absolute atomic E-state index is 0.136. The van der Waals surface area contributed by atoms with Crippen molar-refractivity contribution in [3.63, 3.8) is 0 Å².